The van der Waals surface area contributed by atoms with Crippen molar-refractivity contribution < 1.29 is 14.7 Å². The van der Waals surface area contributed by atoms with Crippen LogP contribution in [0.1, 0.15) is 29.7 Å². The molecule has 8 heteroatoms. The molecule has 2 heterocycles. The monoisotopic (exact) mass is 411 g/mol. The lowest BCUT2D eigenvalue weighted by atomic mass is 10.0. The lowest BCUT2D eigenvalue weighted by Gasteiger charge is -2.26. The minimum absolute atomic E-state index is 0.114. The molecule has 8 nitrogen and oxygen atoms in total. The number of hydrogen-bond acceptors (Lipinski definition) is 6. The molecule has 1 aromatic heterocycles. The van der Waals surface area contributed by atoms with Gasteiger partial charge in [0.25, 0.3) is 0 Å². The Morgan fingerprint density at radius 2 is 1.97 bits per heavy atom. The van der Waals surface area contributed by atoms with Crippen LogP contribution in [0.25, 0.3) is 0 Å². The zero-order chi connectivity index (χ0) is 21.5. The molecule has 6 N–H and O–H groups in total. The summed E-state index contributed by atoms with van der Waals surface area (Å²) in [7, 11) is 0. The van der Waals surface area contributed by atoms with Crippen LogP contribution in [0, 0.1) is 0 Å². The molecule has 0 spiro atoms. The number of carbonyl (C=O) groups excluding carboxylic acids is 2. The molecule has 2 aromatic rings. The number of hydrogen-bond donors (Lipinski definition) is 4. The van der Waals surface area contributed by atoms with Gasteiger partial charge in [-0.15, -0.1) is 0 Å². The summed E-state index contributed by atoms with van der Waals surface area (Å²) >= 11 is 0. The van der Waals surface area contributed by atoms with Crippen molar-refractivity contribution in [2.45, 2.75) is 50.5 Å². The molecule has 3 rings (SSSR count). The first-order chi connectivity index (χ1) is 14.5. The minimum atomic E-state index is -0.739. The van der Waals surface area contributed by atoms with Crippen molar-refractivity contribution in [1.82, 2.24) is 15.2 Å². The zero-order valence-corrected chi connectivity index (χ0v) is 16.9. The van der Waals surface area contributed by atoms with Crippen LogP contribution in [0.4, 0.5) is 0 Å². The van der Waals surface area contributed by atoms with Crippen molar-refractivity contribution in [3.63, 3.8) is 0 Å². The van der Waals surface area contributed by atoms with Gasteiger partial charge < -0.3 is 26.8 Å². The maximum absolute atomic E-state index is 12.9. The van der Waals surface area contributed by atoms with Gasteiger partial charge >= 0.3 is 0 Å². The number of nitrogens with zero attached hydrogens (tertiary/aromatic N) is 2. The summed E-state index contributed by atoms with van der Waals surface area (Å²) in [6.45, 7) is 0.752. The molecule has 0 radical (unpaired) electrons. The first-order valence-corrected chi connectivity index (χ1v) is 10.2. The third-order valence-corrected chi connectivity index (χ3v) is 5.33. The SMILES string of the molecule is NCc1ccc(CNC(=O)C2CC(O)CN2C(=O)C(N)CCc2ccccc2)cn1. The molecule has 1 aliphatic rings. The number of pyridine rings is 1. The van der Waals surface area contributed by atoms with Crippen molar-refractivity contribution in [3.8, 4) is 0 Å². The van der Waals surface area contributed by atoms with E-state index in [0.717, 1.165) is 16.8 Å². The standard InChI is InChI=1S/C22H29N5O3/c23-11-17-8-6-16(12-25-17)13-26-21(29)20-10-18(28)14-27(20)22(30)19(24)9-7-15-4-2-1-3-5-15/h1-6,8,12,18-20,28H,7,9-11,13-14,23-24H2,(H,26,29). The van der Waals surface area contributed by atoms with Crippen molar-refractivity contribution in [2.24, 2.45) is 11.5 Å². The van der Waals surface area contributed by atoms with E-state index in [1.807, 2.05) is 42.5 Å². The van der Waals surface area contributed by atoms with Gasteiger partial charge in [0.1, 0.15) is 6.04 Å². The van der Waals surface area contributed by atoms with Crippen LogP contribution in [-0.4, -0.2) is 51.5 Å². The molecule has 2 amide bonds. The number of nitrogens with one attached hydrogen (secondary N) is 1. The highest BCUT2D eigenvalue weighted by Gasteiger charge is 2.40. The molecule has 0 bridgehead atoms. The lowest BCUT2D eigenvalue weighted by molar-refractivity contribution is -0.139. The average molecular weight is 412 g/mol. The van der Waals surface area contributed by atoms with Gasteiger partial charge in [0.05, 0.1) is 17.8 Å². The van der Waals surface area contributed by atoms with E-state index in [9.17, 15) is 14.7 Å². The number of aliphatic hydroxyl groups excluding tert-OH is 1. The quantitative estimate of drug-likeness (QED) is 0.486. The Bertz CT molecular complexity index is 844. The molecule has 3 unspecified atom stereocenters. The van der Waals surface area contributed by atoms with E-state index in [-0.39, 0.29) is 31.3 Å². The Balaban J connectivity index is 1.56. The van der Waals surface area contributed by atoms with Gasteiger partial charge in [-0.05, 0) is 30.0 Å². The molecule has 1 aliphatic heterocycles. The predicted molar refractivity (Wildman–Crippen MR) is 113 cm³/mol. The van der Waals surface area contributed by atoms with Crippen LogP contribution in [0.3, 0.4) is 0 Å². The molecule has 3 atom stereocenters. The van der Waals surface area contributed by atoms with Gasteiger partial charge in [0, 0.05) is 32.3 Å². The maximum atomic E-state index is 12.9. The highest BCUT2D eigenvalue weighted by atomic mass is 16.3. The maximum Gasteiger partial charge on any atom is 0.243 e. The van der Waals surface area contributed by atoms with Crippen molar-refractivity contribution >= 4 is 11.8 Å². The Hall–Kier alpha value is -2.81. The van der Waals surface area contributed by atoms with Crippen molar-refractivity contribution in [1.29, 1.82) is 0 Å². The molecule has 1 fully saturated rings. The van der Waals surface area contributed by atoms with Crippen LogP contribution in [0.15, 0.2) is 48.7 Å². The number of amides is 2. The molecule has 30 heavy (non-hydrogen) atoms. The second kappa shape index (κ2) is 10.3. The minimum Gasteiger partial charge on any atom is -0.391 e. The first-order valence-electron chi connectivity index (χ1n) is 10.2. The van der Waals surface area contributed by atoms with Crippen molar-refractivity contribution in [3.05, 3.63) is 65.5 Å². The number of aryl methyl sites for hydroxylation is 1. The van der Waals surface area contributed by atoms with Gasteiger partial charge in [-0.25, -0.2) is 0 Å². The fourth-order valence-corrected chi connectivity index (χ4v) is 3.60. The fourth-order valence-electron chi connectivity index (χ4n) is 3.60. The number of carbonyl (C=O) groups is 2. The number of benzene rings is 1. The lowest BCUT2D eigenvalue weighted by Crippen LogP contribution is -2.51. The molecular weight excluding hydrogens is 382 g/mol. The largest absolute Gasteiger partial charge is 0.391 e. The van der Waals surface area contributed by atoms with Gasteiger partial charge in [-0.3, -0.25) is 14.6 Å². The Morgan fingerprint density at radius 1 is 1.20 bits per heavy atom. The number of likely N-dealkylation sites (tertiary alicyclic amines) is 1. The van der Waals surface area contributed by atoms with Gasteiger partial charge in [0.2, 0.25) is 11.8 Å². The Morgan fingerprint density at radius 3 is 2.63 bits per heavy atom. The third-order valence-electron chi connectivity index (χ3n) is 5.33. The average Bonchev–Trinajstić information content (AvgIpc) is 3.18. The topological polar surface area (TPSA) is 135 Å². The molecule has 0 aliphatic carbocycles. The van der Waals surface area contributed by atoms with Crippen LogP contribution < -0.4 is 16.8 Å². The van der Waals surface area contributed by atoms with Crippen LogP contribution >= 0.6 is 0 Å². The number of nitrogens with two attached hydrogens (primary N) is 2. The number of β-amino-alcohol motifs (C(OH)–C–C–N with tert-alkyl or cyclic N) is 1. The smallest absolute Gasteiger partial charge is 0.243 e. The van der Waals surface area contributed by atoms with E-state index in [1.54, 1.807) is 6.20 Å². The predicted octanol–water partition coefficient (Wildman–Crippen LogP) is 0.0784. The van der Waals surface area contributed by atoms with E-state index >= 15 is 0 Å². The Labute approximate surface area is 176 Å². The van der Waals surface area contributed by atoms with Crippen LogP contribution in [0.2, 0.25) is 0 Å². The molecular formula is C22H29N5O3. The van der Waals surface area contributed by atoms with Crippen molar-refractivity contribution in [2.75, 3.05) is 6.54 Å². The van der Waals surface area contributed by atoms with Crippen LogP contribution in [0.5, 0.6) is 0 Å². The molecule has 1 saturated heterocycles. The summed E-state index contributed by atoms with van der Waals surface area (Å²) in [5.74, 6) is -0.616. The number of rotatable bonds is 8. The highest BCUT2D eigenvalue weighted by Crippen LogP contribution is 2.20. The summed E-state index contributed by atoms with van der Waals surface area (Å²) in [4.78, 5) is 31.2. The molecule has 160 valence electrons. The number of aromatic nitrogens is 1. The summed E-state index contributed by atoms with van der Waals surface area (Å²) in [6.07, 6.45) is 2.27. The molecule has 1 aromatic carbocycles. The van der Waals surface area contributed by atoms with Crippen LogP contribution in [-0.2, 0) is 29.1 Å². The summed E-state index contributed by atoms with van der Waals surface area (Å²) in [5, 5.41) is 12.9. The van der Waals surface area contributed by atoms with Gasteiger partial charge in [-0.2, -0.15) is 0 Å². The fraction of sp³-hybridized carbons (Fsp3) is 0.409. The van der Waals surface area contributed by atoms with E-state index in [1.165, 1.54) is 4.90 Å². The van der Waals surface area contributed by atoms with E-state index in [2.05, 4.69) is 10.3 Å². The summed E-state index contributed by atoms with van der Waals surface area (Å²) < 4.78 is 0. The highest BCUT2D eigenvalue weighted by molar-refractivity contribution is 5.90. The Kier molecular flexibility index (Phi) is 7.51. The third kappa shape index (κ3) is 5.63. The first kappa shape index (κ1) is 21.9. The second-order valence-electron chi connectivity index (χ2n) is 7.61. The molecule has 0 saturated carbocycles. The zero-order valence-electron chi connectivity index (χ0n) is 16.9. The summed E-state index contributed by atoms with van der Waals surface area (Å²) in [5.41, 5.74) is 14.4. The van der Waals surface area contributed by atoms with E-state index < -0.39 is 18.2 Å². The van der Waals surface area contributed by atoms with E-state index in [0.29, 0.717) is 19.4 Å². The summed E-state index contributed by atoms with van der Waals surface area (Å²) in [6, 6.07) is 12.0. The number of aliphatic hydroxyl groups is 1. The van der Waals surface area contributed by atoms with E-state index in [4.69, 9.17) is 11.5 Å². The van der Waals surface area contributed by atoms with Gasteiger partial charge in [-0.1, -0.05) is 36.4 Å². The normalized spacial score (nSPS) is 19.5. The second-order valence-corrected chi connectivity index (χ2v) is 7.61. The van der Waals surface area contributed by atoms with Gasteiger partial charge in [0.15, 0.2) is 0 Å².